The van der Waals surface area contributed by atoms with E-state index >= 15 is 0 Å². The van der Waals surface area contributed by atoms with Crippen LogP contribution in [0.3, 0.4) is 0 Å². The summed E-state index contributed by atoms with van der Waals surface area (Å²) in [5, 5.41) is 23.8. The molecule has 2 saturated carbocycles. The average molecular weight is 1200 g/mol. The lowest BCUT2D eigenvalue weighted by Crippen LogP contribution is -2.58. The molecular formula is C60H80N10O12S2. The number of sulfone groups is 2. The fourth-order valence-electron chi connectivity index (χ4n) is 13.1. The molecule has 2 aliphatic carbocycles. The molecule has 4 heterocycles. The largest absolute Gasteiger partial charge is 0.347 e. The number of carbonyl (C=O) groups excluding carboxylic acids is 8. The number of nitrogens with one attached hydrogen (secondary N) is 8. The second-order valence-corrected chi connectivity index (χ2v) is 27.8. The summed E-state index contributed by atoms with van der Waals surface area (Å²) in [7, 11) is -3.87. The van der Waals surface area contributed by atoms with Gasteiger partial charge in [-0.2, -0.15) is 0 Å². The van der Waals surface area contributed by atoms with Crippen LogP contribution < -0.4 is 42.5 Å². The van der Waals surface area contributed by atoms with Gasteiger partial charge in [0.2, 0.25) is 35.4 Å². The summed E-state index contributed by atoms with van der Waals surface area (Å²) in [5.41, 5.74) is 1.22. The third-order valence-electron chi connectivity index (χ3n) is 18.1. The van der Waals surface area contributed by atoms with Crippen LogP contribution in [0.2, 0.25) is 0 Å². The first-order valence-corrected chi connectivity index (χ1v) is 33.0. The van der Waals surface area contributed by atoms with Gasteiger partial charge in [-0.3, -0.25) is 38.4 Å². The number of benzene rings is 3. The van der Waals surface area contributed by atoms with E-state index in [2.05, 4.69) is 42.5 Å². The molecule has 9 rings (SSSR count). The predicted molar refractivity (Wildman–Crippen MR) is 311 cm³/mol. The van der Waals surface area contributed by atoms with Gasteiger partial charge in [0.05, 0.1) is 45.5 Å². The maximum absolute atomic E-state index is 14.9. The van der Waals surface area contributed by atoms with Crippen molar-refractivity contribution < 1.29 is 55.2 Å². The highest BCUT2D eigenvalue weighted by Gasteiger charge is 2.48. The average Bonchev–Trinajstić information content (AvgIpc) is 3.78. The number of nitrogens with zero attached hydrogens (tertiary/aromatic N) is 2. The Balaban J connectivity index is 0.912. The zero-order valence-electron chi connectivity index (χ0n) is 48.2. The van der Waals surface area contributed by atoms with Gasteiger partial charge < -0.3 is 52.3 Å². The molecule has 3 aromatic rings. The molecule has 0 unspecified atom stereocenters. The van der Waals surface area contributed by atoms with E-state index in [1.54, 1.807) is 64.3 Å². The molecule has 0 spiro atoms. The van der Waals surface area contributed by atoms with Crippen molar-refractivity contribution in [1.29, 1.82) is 0 Å². The van der Waals surface area contributed by atoms with Gasteiger partial charge in [0.15, 0.2) is 19.7 Å². The predicted octanol–water partition coefficient (Wildman–Crippen LogP) is 2.50. The fourth-order valence-corrected chi connectivity index (χ4v) is 16.3. The summed E-state index contributed by atoms with van der Waals surface area (Å²) in [5.74, 6) is -4.58. The molecule has 4 aliphatic heterocycles. The summed E-state index contributed by atoms with van der Waals surface area (Å²) in [6.07, 6.45) is 8.48. The number of hydrogen-bond donors (Lipinski definition) is 8. The van der Waals surface area contributed by atoms with E-state index in [1.165, 1.54) is 46.2 Å². The Hall–Kier alpha value is -6.76. The van der Waals surface area contributed by atoms with E-state index in [9.17, 15) is 55.2 Å². The Morgan fingerprint density at radius 2 is 0.833 bits per heavy atom. The van der Waals surface area contributed by atoms with Crippen LogP contribution in [0.5, 0.6) is 0 Å². The lowest BCUT2D eigenvalue weighted by molar-refractivity contribution is -0.143. The second-order valence-electron chi connectivity index (χ2n) is 23.6. The van der Waals surface area contributed by atoms with E-state index in [1.807, 2.05) is 0 Å². The lowest BCUT2D eigenvalue weighted by atomic mass is 9.83. The number of likely N-dealkylation sites (tertiary alicyclic amines) is 2. The highest BCUT2D eigenvalue weighted by Crippen LogP contribution is 2.36. The fraction of sp³-hybridized carbons (Fsp3) is 0.567. The second kappa shape index (κ2) is 26.7. The molecule has 84 heavy (non-hydrogen) atoms. The van der Waals surface area contributed by atoms with Gasteiger partial charge in [0, 0.05) is 36.3 Å². The molecule has 8 N–H and O–H groups in total. The number of fused-ring (bicyclic) bond motifs is 2. The Morgan fingerprint density at radius 1 is 0.476 bits per heavy atom. The highest BCUT2D eigenvalue weighted by atomic mass is 32.2. The van der Waals surface area contributed by atoms with Crippen LogP contribution in [-0.4, -0.2) is 161 Å². The van der Waals surface area contributed by atoms with E-state index < -0.39 is 116 Å². The maximum Gasteiger partial charge on any atom is 0.251 e. The van der Waals surface area contributed by atoms with Gasteiger partial charge in [0.1, 0.15) is 24.2 Å². The monoisotopic (exact) mass is 1200 g/mol. The maximum atomic E-state index is 14.9. The molecule has 3 aromatic carbocycles. The van der Waals surface area contributed by atoms with Crippen LogP contribution in [0.15, 0.2) is 82.6 Å². The van der Waals surface area contributed by atoms with Gasteiger partial charge in [0.25, 0.3) is 11.8 Å². The molecule has 2 saturated heterocycles. The minimum atomic E-state index is -3.58. The summed E-state index contributed by atoms with van der Waals surface area (Å²) in [6.45, 7) is 3.23. The Labute approximate surface area is 491 Å². The minimum absolute atomic E-state index is 0.00729. The standard InChI is InChI=1S/C60H80N10O12S2/c1-35(61-3)53(71)67-51(37-15-7-5-8-16-37)59(77)69-33-41(31-47(69)57(75)65-45-27-29-83(79,80)49-21-13-11-19-43(45)49)63-55(73)39-23-25-40(26-24-39)56(74)64-42-32-48(58(76)66-46-28-30-84(81,82)50-22-14-12-20-44(46)50)70(34-42)60(78)52(38-17-9-6-10-18-38)68-54(72)36(2)62-4/h11-14,19-26,35-38,41-42,45-48,51-52,61-62H,5-10,15-18,27-34H2,1-4H3,(H,63,73)(H,64,74)(H,65,75)(H,66,76)(H,67,71)(H,68,72)/t35-,36-,41-,42-,45+,46+,47-,48-,51-,52-/m0/s1. The molecule has 454 valence electrons. The molecule has 8 amide bonds. The number of rotatable bonds is 18. The van der Waals surface area contributed by atoms with Crippen LogP contribution >= 0.6 is 0 Å². The number of carbonyl (C=O) groups is 8. The van der Waals surface area contributed by atoms with Crippen molar-refractivity contribution in [3.05, 3.63) is 95.1 Å². The lowest BCUT2D eigenvalue weighted by Gasteiger charge is -2.35. The first-order valence-electron chi connectivity index (χ1n) is 29.7. The van der Waals surface area contributed by atoms with Crippen molar-refractivity contribution in [3.63, 3.8) is 0 Å². The normalized spacial score (nSPS) is 25.3. The third-order valence-corrected chi connectivity index (χ3v) is 21.7. The SMILES string of the molecule is CN[C@@H](C)C(=O)N[C@H](C(=O)N1C[C@@H](NC(=O)c2ccc(C(=O)N[C@H]3C[C@@H](C(=O)N[C@@H]4CCS(=O)(=O)c5ccccc54)N(C(=O)[C@@H](NC(=O)[C@H](C)NC)C4CCCCC4)C3)cc2)C[C@H]1C(=O)N[C@@H]1CCS(=O)(=O)c2ccccc21)C1CCCCC1. The number of hydrogen-bond acceptors (Lipinski definition) is 14. The molecule has 6 aliphatic rings. The molecule has 24 heteroatoms. The number of amides is 8. The van der Waals surface area contributed by atoms with Crippen LogP contribution in [0.4, 0.5) is 0 Å². The molecular weight excluding hydrogens is 1120 g/mol. The van der Waals surface area contributed by atoms with Crippen LogP contribution in [0, 0.1) is 11.8 Å². The van der Waals surface area contributed by atoms with Gasteiger partial charge in [-0.05, 0) is 139 Å². The Bertz CT molecular complexity index is 3000. The van der Waals surface area contributed by atoms with E-state index in [0.29, 0.717) is 36.8 Å². The van der Waals surface area contributed by atoms with Crippen molar-refractivity contribution in [2.75, 3.05) is 38.7 Å². The first kappa shape index (κ1) is 61.8. The highest BCUT2D eigenvalue weighted by molar-refractivity contribution is 7.91. The van der Waals surface area contributed by atoms with Gasteiger partial charge in [-0.1, -0.05) is 74.9 Å². The Morgan fingerprint density at radius 3 is 1.19 bits per heavy atom. The third kappa shape index (κ3) is 13.8. The zero-order valence-corrected chi connectivity index (χ0v) is 49.8. The quantitative estimate of drug-likeness (QED) is 0.0909. The van der Waals surface area contributed by atoms with Crippen molar-refractivity contribution in [1.82, 2.24) is 52.3 Å². The first-order chi connectivity index (χ1) is 40.2. The topological polar surface area (TPSA) is 308 Å². The smallest absolute Gasteiger partial charge is 0.251 e. The molecule has 4 fully saturated rings. The van der Waals surface area contributed by atoms with Gasteiger partial charge in [-0.25, -0.2) is 16.8 Å². The van der Waals surface area contributed by atoms with Crippen LogP contribution in [0.1, 0.15) is 148 Å². The van der Waals surface area contributed by atoms with E-state index in [4.69, 9.17) is 0 Å². The van der Waals surface area contributed by atoms with Gasteiger partial charge >= 0.3 is 0 Å². The van der Waals surface area contributed by atoms with E-state index in [-0.39, 0.29) is 94.8 Å². The summed E-state index contributed by atoms with van der Waals surface area (Å²) < 4.78 is 52.1. The van der Waals surface area contributed by atoms with Crippen molar-refractivity contribution >= 4 is 66.9 Å². The molecule has 0 radical (unpaired) electrons. The van der Waals surface area contributed by atoms with Crippen LogP contribution in [-0.2, 0) is 48.4 Å². The Kier molecular flexibility index (Phi) is 19.6. The molecule has 10 atom stereocenters. The van der Waals surface area contributed by atoms with Crippen molar-refractivity contribution in [2.24, 2.45) is 11.8 Å². The summed E-state index contributed by atoms with van der Waals surface area (Å²) >= 11 is 0. The zero-order chi connectivity index (χ0) is 60.0. The van der Waals surface area contributed by atoms with E-state index in [0.717, 1.165) is 38.5 Å². The van der Waals surface area contributed by atoms with Crippen molar-refractivity contribution in [2.45, 2.75) is 174 Å². The van der Waals surface area contributed by atoms with Crippen molar-refractivity contribution in [3.8, 4) is 0 Å². The summed E-state index contributed by atoms with van der Waals surface area (Å²) in [4.78, 5) is 117. The van der Waals surface area contributed by atoms with Gasteiger partial charge in [-0.15, -0.1) is 0 Å². The molecule has 22 nitrogen and oxygen atoms in total. The summed E-state index contributed by atoms with van der Waals surface area (Å²) in [6, 6.07) is 10.7. The number of likely N-dealkylation sites (N-methyl/N-ethyl adjacent to an activating group) is 2. The molecule has 0 aromatic heterocycles. The minimum Gasteiger partial charge on any atom is -0.347 e. The molecule has 0 bridgehead atoms. The van der Waals surface area contributed by atoms with Crippen LogP contribution in [0.25, 0.3) is 0 Å².